The number of aliphatic hydroxyl groups is 1. The van der Waals surface area contributed by atoms with Crippen molar-refractivity contribution in [2.24, 2.45) is 0 Å². The number of benzene rings is 2. The molecule has 2 aromatic carbocycles. The third kappa shape index (κ3) is 4.54. The van der Waals surface area contributed by atoms with E-state index in [2.05, 4.69) is 26.1 Å². The van der Waals surface area contributed by atoms with Gasteiger partial charge in [0.25, 0.3) is 0 Å². The lowest BCUT2D eigenvalue weighted by Gasteiger charge is -2.36. The Morgan fingerprint density at radius 3 is 2.54 bits per heavy atom. The molecule has 0 unspecified atom stereocenters. The van der Waals surface area contributed by atoms with Crippen LogP contribution in [0.4, 0.5) is 0 Å². The lowest BCUT2D eigenvalue weighted by Crippen LogP contribution is -2.48. The van der Waals surface area contributed by atoms with Crippen molar-refractivity contribution in [2.45, 2.75) is 57.9 Å². The minimum Gasteiger partial charge on any atom is -0.488 e. The molecule has 0 amide bonds. The second-order valence-corrected chi connectivity index (χ2v) is 8.26. The summed E-state index contributed by atoms with van der Waals surface area (Å²) >= 11 is 0. The first-order valence-electron chi connectivity index (χ1n) is 9.66. The summed E-state index contributed by atoms with van der Waals surface area (Å²) in [5.41, 5.74) is 2.92. The predicted molar refractivity (Wildman–Crippen MR) is 109 cm³/mol. The van der Waals surface area contributed by atoms with Crippen LogP contribution < -0.4 is 10.1 Å². The van der Waals surface area contributed by atoms with Crippen LogP contribution in [-0.4, -0.2) is 29.8 Å². The minimum atomic E-state index is -0.686. The second kappa shape index (κ2) is 8.33. The van der Waals surface area contributed by atoms with Crippen LogP contribution >= 0.6 is 0 Å². The SMILES string of the molecule is COC(=O)c1c(OCc2ccccc2)ccc2c1CC[C@@H](NC(C)(C)C)[C@@H]2O. The number of carbonyl (C=O) groups is 1. The van der Waals surface area contributed by atoms with Crippen LogP contribution in [0.3, 0.4) is 0 Å². The van der Waals surface area contributed by atoms with Crippen molar-refractivity contribution >= 4 is 5.97 Å². The van der Waals surface area contributed by atoms with Gasteiger partial charge in [-0.05, 0) is 56.4 Å². The fourth-order valence-electron chi connectivity index (χ4n) is 3.75. The molecule has 2 atom stereocenters. The van der Waals surface area contributed by atoms with E-state index in [1.165, 1.54) is 7.11 Å². The third-order valence-electron chi connectivity index (χ3n) is 4.96. The summed E-state index contributed by atoms with van der Waals surface area (Å²) in [5.74, 6) is 0.0539. The molecule has 1 aliphatic rings. The Morgan fingerprint density at radius 1 is 1.18 bits per heavy atom. The normalized spacial score (nSPS) is 19.0. The van der Waals surface area contributed by atoms with E-state index in [1.54, 1.807) is 6.07 Å². The average molecular weight is 383 g/mol. The molecule has 3 rings (SSSR count). The number of carbonyl (C=O) groups excluding carboxylic acids is 1. The van der Waals surface area contributed by atoms with Gasteiger partial charge in [-0.3, -0.25) is 0 Å². The number of ether oxygens (including phenoxy) is 2. The third-order valence-corrected chi connectivity index (χ3v) is 4.96. The van der Waals surface area contributed by atoms with E-state index in [4.69, 9.17) is 9.47 Å². The van der Waals surface area contributed by atoms with Gasteiger partial charge in [0.1, 0.15) is 17.9 Å². The van der Waals surface area contributed by atoms with Gasteiger partial charge < -0.3 is 19.9 Å². The largest absolute Gasteiger partial charge is 0.488 e. The van der Waals surface area contributed by atoms with E-state index in [9.17, 15) is 9.90 Å². The first-order valence-corrected chi connectivity index (χ1v) is 9.66. The van der Waals surface area contributed by atoms with E-state index in [1.807, 2.05) is 36.4 Å². The van der Waals surface area contributed by atoms with Crippen LogP contribution in [0.2, 0.25) is 0 Å². The quantitative estimate of drug-likeness (QED) is 0.769. The highest BCUT2D eigenvalue weighted by Gasteiger charge is 2.34. The molecule has 0 radical (unpaired) electrons. The molecule has 0 fully saturated rings. The smallest absolute Gasteiger partial charge is 0.341 e. The number of hydrogen-bond acceptors (Lipinski definition) is 5. The molecule has 2 N–H and O–H groups in total. The maximum atomic E-state index is 12.5. The fraction of sp³-hybridized carbons (Fsp3) is 0.435. The second-order valence-electron chi connectivity index (χ2n) is 8.26. The Bertz CT molecular complexity index is 826. The molecule has 0 aromatic heterocycles. The van der Waals surface area contributed by atoms with Gasteiger partial charge in [-0.2, -0.15) is 0 Å². The molecule has 28 heavy (non-hydrogen) atoms. The Labute approximate surface area is 166 Å². The summed E-state index contributed by atoms with van der Waals surface area (Å²) < 4.78 is 11.0. The van der Waals surface area contributed by atoms with Crippen molar-refractivity contribution < 1.29 is 19.4 Å². The molecule has 2 aromatic rings. The summed E-state index contributed by atoms with van der Waals surface area (Å²) in [7, 11) is 1.37. The molecule has 0 bridgehead atoms. The monoisotopic (exact) mass is 383 g/mol. The van der Waals surface area contributed by atoms with Crippen LogP contribution in [0.1, 0.15) is 60.3 Å². The standard InChI is InChI=1S/C23H29NO4/c1-23(2,3)24-18-12-10-16-17(21(18)25)11-13-19(20(16)22(26)27-4)28-14-15-8-6-5-7-9-15/h5-9,11,13,18,21,24-25H,10,12,14H2,1-4H3/t18-,21-/m1/s1. The molecule has 150 valence electrons. The molecular weight excluding hydrogens is 354 g/mol. The van der Waals surface area contributed by atoms with Crippen molar-refractivity contribution in [3.8, 4) is 5.75 Å². The van der Waals surface area contributed by atoms with Gasteiger partial charge in [0.2, 0.25) is 0 Å². The van der Waals surface area contributed by atoms with E-state index < -0.39 is 12.1 Å². The van der Waals surface area contributed by atoms with E-state index in [0.29, 0.717) is 24.3 Å². The van der Waals surface area contributed by atoms with Crippen LogP contribution in [0, 0.1) is 0 Å². The van der Waals surface area contributed by atoms with Gasteiger partial charge in [-0.1, -0.05) is 36.4 Å². The Hall–Kier alpha value is -2.37. The summed E-state index contributed by atoms with van der Waals surface area (Å²) in [6.45, 7) is 6.60. The zero-order valence-electron chi connectivity index (χ0n) is 17.0. The number of methoxy groups -OCH3 is 1. The topological polar surface area (TPSA) is 67.8 Å². The number of fused-ring (bicyclic) bond motifs is 1. The maximum Gasteiger partial charge on any atom is 0.341 e. The van der Waals surface area contributed by atoms with Crippen molar-refractivity contribution in [3.05, 3.63) is 64.7 Å². The van der Waals surface area contributed by atoms with E-state index >= 15 is 0 Å². The summed E-state index contributed by atoms with van der Waals surface area (Å²) in [4.78, 5) is 12.5. The molecule has 1 aliphatic carbocycles. The van der Waals surface area contributed by atoms with Gasteiger partial charge in [-0.15, -0.1) is 0 Å². The van der Waals surface area contributed by atoms with Gasteiger partial charge in [0.05, 0.1) is 13.2 Å². The highest BCUT2D eigenvalue weighted by Crippen LogP contribution is 2.37. The Balaban J connectivity index is 1.91. The lowest BCUT2D eigenvalue weighted by molar-refractivity contribution is 0.0590. The highest BCUT2D eigenvalue weighted by molar-refractivity contribution is 5.94. The van der Waals surface area contributed by atoms with Crippen molar-refractivity contribution in [2.75, 3.05) is 7.11 Å². The van der Waals surface area contributed by atoms with E-state index in [-0.39, 0.29) is 11.6 Å². The molecule has 0 spiro atoms. The number of rotatable bonds is 5. The zero-order valence-corrected chi connectivity index (χ0v) is 17.0. The fourth-order valence-corrected chi connectivity index (χ4v) is 3.75. The lowest BCUT2D eigenvalue weighted by atomic mass is 9.82. The number of hydrogen-bond donors (Lipinski definition) is 2. The summed E-state index contributed by atoms with van der Waals surface area (Å²) in [6, 6.07) is 13.4. The first-order chi connectivity index (χ1) is 13.3. The van der Waals surface area contributed by atoms with Crippen LogP contribution in [0.25, 0.3) is 0 Å². The molecule has 0 aliphatic heterocycles. The Kier molecular flexibility index (Phi) is 6.06. The zero-order chi connectivity index (χ0) is 20.3. The maximum absolute atomic E-state index is 12.5. The predicted octanol–water partition coefficient (Wildman–Crippen LogP) is 3.79. The summed E-state index contributed by atoms with van der Waals surface area (Å²) in [5, 5.41) is 14.4. The van der Waals surface area contributed by atoms with E-state index in [0.717, 1.165) is 23.1 Å². The van der Waals surface area contributed by atoms with Crippen molar-refractivity contribution in [1.29, 1.82) is 0 Å². The Morgan fingerprint density at radius 2 is 1.89 bits per heavy atom. The number of esters is 1. The molecule has 0 saturated carbocycles. The number of nitrogens with one attached hydrogen (secondary N) is 1. The minimum absolute atomic E-state index is 0.0610. The van der Waals surface area contributed by atoms with Crippen molar-refractivity contribution in [3.63, 3.8) is 0 Å². The molecule has 5 nitrogen and oxygen atoms in total. The van der Waals surface area contributed by atoms with Crippen molar-refractivity contribution in [1.82, 2.24) is 5.32 Å². The first kappa shape index (κ1) is 20.4. The van der Waals surface area contributed by atoms with Gasteiger partial charge in [0.15, 0.2) is 0 Å². The molecular formula is C23H29NO4. The van der Waals surface area contributed by atoms with Crippen LogP contribution in [0.5, 0.6) is 5.75 Å². The van der Waals surface area contributed by atoms with Gasteiger partial charge in [-0.25, -0.2) is 4.79 Å². The number of aliphatic hydroxyl groups excluding tert-OH is 1. The van der Waals surface area contributed by atoms with Gasteiger partial charge >= 0.3 is 5.97 Å². The molecule has 0 saturated heterocycles. The molecule has 0 heterocycles. The van der Waals surface area contributed by atoms with Gasteiger partial charge in [0, 0.05) is 11.6 Å². The summed E-state index contributed by atoms with van der Waals surface area (Å²) in [6.07, 6.45) is 0.722. The van der Waals surface area contributed by atoms with Crippen LogP contribution in [-0.2, 0) is 17.8 Å². The molecule has 5 heteroatoms. The average Bonchev–Trinajstić information content (AvgIpc) is 2.67. The highest BCUT2D eigenvalue weighted by atomic mass is 16.5. The van der Waals surface area contributed by atoms with Crippen LogP contribution in [0.15, 0.2) is 42.5 Å².